The molecule has 0 aliphatic carbocycles. The van der Waals surface area contributed by atoms with Gasteiger partial charge in [0, 0.05) is 13.2 Å². The van der Waals surface area contributed by atoms with Crippen molar-refractivity contribution in [2.24, 2.45) is 17.6 Å². The molecule has 1 amide bonds. The van der Waals surface area contributed by atoms with Gasteiger partial charge >= 0.3 is 0 Å². The minimum atomic E-state index is -0.157. The molecule has 20 heavy (non-hydrogen) atoms. The van der Waals surface area contributed by atoms with Gasteiger partial charge in [-0.3, -0.25) is 4.79 Å². The van der Waals surface area contributed by atoms with Crippen molar-refractivity contribution in [2.45, 2.75) is 33.2 Å². The van der Waals surface area contributed by atoms with E-state index in [-0.39, 0.29) is 31.5 Å². The van der Waals surface area contributed by atoms with E-state index in [0.717, 1.165) is 6.42 Å². The van der Waals surface area contributed by atoms with Crippen molar-refractivity contribution >= 4 is 18.3 Å². The first kappa shape index (κ1) is 19.0. The van der Waals surface area contributed by atoms with Crippen LogP contribution in [0, 0.1) is 11.8 Å². The van der Waals surface area contributed by atoms with Gasteiger partial charge in [-0.15, -0.1) is 12.4 Å². The Morgan fingerprint density at radius 2 is 2.20 bits per heavy atom. The summed E-state index contributed by atoms with van der Waals surface area (Å²) in [5, 5.41) is 11.9. The molecule has 1 unspecified atom stereocenters. The lowest BCUT2D eigenvalue weighted by molar-refractivity contribution is 0.0940. The predicted octanol–water partition coefficient (Wildman–Crippen LogP) is 1.93. The highest BCUT2D eigenvalue weighted by atomic mass is 35.5. The van der Waals surface area contributed by atoms with Crippen molar-refractivity contribution in [3.63, 3.8) is 0 Å². The van der Waals surface area contributed by atoms with E-state index in [0.29, 0.717) is 36.1 Å². The molecule has 1 rings (SSSR count). The molecule has 0 aliphatic rings. The second kappa shape index (κ2) is 9.80. The minimum Gasteiger partial charge on any atom is -0.467 e. The minimum absolute atomic E-state index is 0. The van der Waals surface area contributed by atoms with Crippen LogP contribution in [0.4, 0.5) is 0 Å². The molecule has 1 aromatic rings. The highest BCUT2D eigenvalue weighted by Crippen LogP contribution is 2.14. The fourth-order valence-corrected chi connectivity index (χ4v) is 2.10. The second-order valence-corrected chi connectivity index (χ2v) is 5.22. The first-order valence-electron chi connectivity index (χ1n) is 6.73. The number of aliphatic hydroxyl groups excluding tert-OH is 1. The largest absolute Gasteiger partial charge is 0.467 e. The third-order valence-corrected chi connectivity index (χ3v) is 3.01. The lowest BCUT2D eigenvalue weighted by Gasteiger charge is -2.18. The summed E-state index contributed by atoms with van der Waals surface area (Å²) in [4.78, 5) is 11.9. The van der Waals surface area contributed by atoms with Gasteiger partial charge in [-0.1, -0.05) is 13.8 Å². The van der Waals surface area contributed by atoms with Crippen molar-refractivity contribution in [2.75, 3.05) is 13.2 Å². The number of halogens is 1. The molecular weight excluding hydrogens is 280 g/mol. The molecule has 0 aromatic carbocycles. The number of hydrogen-bond acceptors (Lipinski definition) is 4. The fourth-order valence-electron chi connectivity index (χ4n) is 2.10. The van der Waals surface area contributed by atoms with Crippen molar-refractivity contribution in [3.05, 3.63) is 23.7 Å². The topological polar surface area (TPSA) is 88.5 Å². The number of carbonyl (C=O) groups excluding carboxylic acids is 1. The standard InChI is InChI=1S/C14H24N2O3.ClH/c1-10(2)5-11(3-4-17)8-16-14(18)12-6-13(7-15)19-9-12;/h6,9-11,17H,3-5,7-8,15H2,1-2H3,(H,16,18);1H. The molecule has 0 radical (unpaired) electrons. The van der Waals surface area contributed by atoms with Crippen molar-refractivity contribution < 1.29 is 14.3 Å². The van der Waals surface area contributed by atoms with E-state index in [1.165, 1.54) is 6.26 Å². The molecule has 0 aliphatic heterocycles. The van der Waals surface area contributed by atoms with Crippen LogP contribution in [0.2, 0.25) is 0 Å². The summed E-state index contributed by atoms with van der Waals surface area (Å²) in [6.07, 6.45) is 3.11. The Labute approximate surface area is 126 Å². The molecule has 1 atom stereocenters. The average molecular weight is 305 g/mol. The SMILES string of the molecule is CC(C)CC(CCO)CNC(=O)c1coc(CN)c1.Cl. The lowest BCUT2D eigenvalue weighted by atomic mass is 9.94. The summed E-state index contributed by atoms with van der Waals surface area (Å²) >= 11 is 0. The monoisotopic (exact) mass is 304 g/mol. The molecule has 1 aromatic heterocycles. The van der Waals surface area contributed by atoms with Gasteiger partial charge in [0.25, 0.3) is 5.91 Å². The average Bonchev–Trinajstić information content (AvgIpc) is 2.84. The van der Waals surface area contributed by atoms with E-state index in [1.54, 1.807) is 6.07 Å². The van der Waals surface area contributed by atoms with Gasteiger partial charge in [0.2, 0.25) is 0 Å². The molecule has 4 N–H and O–H groups in total. The number of rotatable bonds is 8. The van der Waals surface area contributed by atoms with Gasteiger partial charge in [0.15, 0.2) is 0 Å². The summed E-state index contributed by atoms with van der Waals surface area (Å²) in [6, 6.07) is 1.65. The summed E-state index contributed by atoms with van der Waals surface area (Å²) in [5.74, 6) is 1.29. The third-order valence-electron chi connectivity index (χ3n) is 3.01. The van der Waals surface area contributed by atoms with Crippen LogP contribution in [-0.2, 0) is 6.54 Å². The Morgan fingerprint density at radius 1 is 1.50 bits per heavy atom. The van der Waals surface area contributed by atoms with E-state index in [1.807, 2.05) is 0 Å². The molecule has 116 valence electrons. The summed E-state index contributed by atoms with van der Waals surface area (Å²) in [6.45, 7) is 5.27. The Morgan fingerprint density at radius 3 is 2.70 bits per heavy atom. The zero-order valence-corrected chi connectivity index (χ0v) is 12.9. The zero-order chi connectivity index (χ0) is 14.3. The summed E-state index contributed by atoms with van der Waals surface area (Å²) in [5.41, 5.74) is 5.92. The first-order valence-corrected chi connectivity index (χ1v) is 6.73. The van der Waals surface area contributed by atoms with Crippen molar-refractivity contribution in [1.29, 1.82) is 0 Å². The smallest absolute Gasteiger partial charge is 0.254 e. The van der Waals surface area contributed by atoms with Crippen LogP contribution in [0.5, 0.6) is 0 Å². The molecule has 5 nitrogen and oxygen atoms in total. The van der Waals surface area contributed by atoms with Gasteiger partial charge in [-0.25, -0.2) is 0 Å². The van der Waals surface area contributed by atoms with E-state index in [2.05, 4.69) is 19.2 Å². The molecule has 0 saturated heterocycles. The highest BCUT2D eigenvalue weighted by molar-refractivity contribution is 5.93. The number of nitrogens with two attached hydrogens (primary N) is 1. The van der Waals surface area contributed by atoms with Gasteiger partial charge in [-0.05, 0) is 30.7 Å². The predicted molar refractivity (Wildman–Crippen MR) is 80.8 cm³/mol. The summed E-state index contributed by atoms with van der Waals surface area (Å²) in [7, 11) is 0. The van der Waals surface area contributed by atoms with Crippen LogP contribution >= 0.6 is 12.4 Å². The maximum absolute atomic E-state index is 11.9. The van der Waals surface area contributed by atoms with E-state index >= 15 is 0 Å². The van der Waals surface area contributed by atoms with Crippen LogP contribution in [0.15, 0.2) is 16.7 Å². The Balaban J connectivity index is 0.00000361. The maximum Gasteiger partial charge on any atom is 0.254 e. The molecule has 0 bridgehead atoms. The fraction of sp³-hybridized carbons (Fsp3) is 0.643. The molecule has 1 heterocycles. The van der Waals surface area contributed by atoms with Crippen LogP contribution in [0.25, 0.3) is 0 Å². The third kappa shape index (κ3) is 6.41. The molecule has 0 saturated carbocycles. The molecule has 0 fully saturated rings. The normalized spacial score (nSPS) is 12.1. The van der Waals surface area contributed by atoms with Crippen molar-refractivity contribution in [3.8, 4) is 0 Å². The number of furan rings is 1. The zero-order valence-electron chi connectivity index (χ0n) is 12.1. The van der Waals surface area contributed by atoms with Crippen LogP contribution in [0.1, 0.15) is 42.8 Å². The van der Waals surface area contributed by atoms with E-state index in [9.17, 15) is 4.79 Å². The van der Waals surface area contributed by atoms with Gasteiger partial charge < -0.3 is 20.6 Å². The van der Waals surface area contributed by atoms with Crippen LogP contribution in [0.3, 0.4) is 0 Å². The molecule has 6 heteroatoms. The lowest BCUT2D eigenvalue weighted by Crippen LogP contribution is -2.30. The number of hydrogen-bond donors (Lipinski definition) is 3. The quantitative estimate of drug-likeness (QED) is 0.685. The highest BCUT2D eigenvalue weighted by Gasteiger charge is 2.14. The number of amides is 1. The Kier molecular flexibility index (Phi) is 9.29. The first-order chi connectivity index (χ1) is 9.06. The number of aliphatic hydroxyl groups is 1. The summed E-state index contributed by atoms with van der Waals surface area (Å²) < 4.78 is 5.13. The number of carbonyl (C=O) groups is 1. The number of nitrogens with one attached hydrogen (secondary N) is 1. The van der Waals surface area contributed by atoms with E-state index in [4.69, 9.17) is 15.3 Å². The van der Waals surface area contributed by atoms with E-state index < -0.39 is 0 Å². The second-order valence-electron chi connectivity index (χ2n) is 5.22. The Bertz CT molecular complexity index is 394. The molecular formula is C14H25ClN2O3. The van der Waals surface area contributed by atoms with Crippen LogP contribution in [-0.4, -0.2) is 24.2 Å². The van der Waals surface area contributed by atoms with Crippen molar-refractivity contribution in [1.82, 2.24) is 5.32 Å². The van der Waals surface area contributed by atoms with Gasteiger partial charge in [0.05, 0.1) is 12.1 Å². The Hall–Kier alpha value is -1.04. The van der Waals surface area contributed by atoms with Gasteiger partial charge in [0.1, 0.15) is 12.0 Å². The molecule has 0 spiro atoms. The van der Waals surface area contributed by atoms with Gasteiger partial charge in [-0.2, -0.15) is 0 Å². The maximum atomic E-state index is 11.9. The van der Waals surface area contributed by atoms with Crippen LogP contribution < -0.4 is 11.1 Å².